The second-order valence-electron chi connectivity index (χ2n) is 7.07. The van der Waals surface area contributed by atoms with Crippen LogP contribution < -0.4 is 5.32 Å². The zero-order valence-electron chi connectivity index (χ0n) is 15.4. The van der Waals surface area contributed by atoms with E-state index >= 15 is 0 Å². The lowest BCUT2D eigenvalue weighted by Gasteiger charge is -2.28. The quantitative estimate of drug-likeness (QED) is 0.702. The zero-order valence-corrected chi connectivity index (χ0v) is 16.2. The van der Waals surface area contributed by atoms with E-state index in [1.54, 1.807) is 24.8 Å². The van der Waals surface area contributed by atoms with Crippen LogP contribution >= 0.6 is 11.6 Å². The van der Waals surface area contributed by atoms with Crippen LogP contribution in [0.3, 0.4) is 0 Å². The van der Waals surface area contributed by atoms with Crippen LogP contribution in [0, 0.1) is 0 Å². The van der Waals surface area contributed by atoms with Crippen LogP contribution in [-0.4, -0.2) is 20.9 Å². The summed E-state index contributed by atoms with van der Waals surface area (Å²) in [7, 11) is 0. The molecule has 1 aliphatic rings. The third kappa shape index (κ3) is 3.62. The van der Waals surface area contributed by atoms with Gasteiger partial charge in [0.15, 0.2) is 0 Å². The monoisotopic (exact) mass is 392 g/mol. The van der Waals surface area contributed by atoms with Gasteiger partial charge in [0.1, 0.15) is 0 Å². The van der Waals surface area contributed by atoms with E-state index in [1.807, 2.05) is 36.4 Å². The Morgan fingerprint density at radius 2 is 1.64 bits per heavy atom. The highest BCUT2D eigenvalue weighted by molar-refractivity contribution is 6.30. The average Bonchev–Trinajstić information content (AvgIpc) is 3.24. The Labute approximate surface area is 169 Å². The van der Waals surface area contributed by atoms with Gasteiger partial charge in [0.25, 0.3) is 0 Å². The van der Waals surface area contributed by atoms with Gasteiger partial charge in [-0.3, -0.25) is 19.7 Å². The molecule has 1 aromatic carbocycles. The molecule has 5 nitrogen and oxygen atoms in total. The summed E-state index contributed by atoms with van der Waals surface area (Å²) < 4.78 is 0. The van der Waals surface area contributed by atoms with Crippen molar-refractivity contribution in [2.24, 2.45) is 0 Å². The van der Waals surface area contributed by atoms with E-state index in [0.29, 0.717) is 11.6 Å². The van der Waals surface area contributed by atoms with Crippen molar-refractivity contribution in [3.8, 4) is 11.3 Å². The van der Waals surface area contributed by atoms with Crippen LogP contribution in [0.25, 0.3) is 11.3 Å². The normalized spacial score (nSPS) is 15.3. The topological polar surface area (TPSA) is 67.8 Å². The van der Waals surface area contributed by atoms with Crippen LogP contribution in [0.2, 0.25) is 5.02 Å². The molecule has 0 radical (unpaired) electrons. The summed E-state index contributed by atoms with van der Waals surface area (Å²) in [6, 6.07) is 11.4. The molecule has 1 aliphatic carbocycles. The van der Waals surface area contributed by atoms with Crippen LogP contribution in [-0.2, 0) is 16.8 Å². The number of benzene rings is 1. The smallest absolute Gasteiger partial charge is 0.230 e. The van der Waals surface area contributed by atoms with Gasteiger partial charge >= 0.3 is 0 Å². The molecule has 0 aliphatic heterocycles. The van der Waals surface area contributed by atoms with Gasteiger partial charge in [-0.05, 0) is 42.7 Å². The molecular weight excluding hydrogens is 372 g/mol. The van der Waals surface area contributed by atoms with E-state index in [2.05, 4.69) is 20.3 Å². The van der Waals surface area contributed by atoms with E-state index in [9.17, 15) is 4.79 Å². The van der Waals surface area contributed by atoms with Crippen molar-refractivity contribution in [2.45, 2.75) is 37.6 Å². The zero-order chi connectivity index (χ0) is 19.4. The van der Waals surface area contributed by atoms with Crippen LogP contribution in [0.1, 0.15) is 36.9 Å². The molecule has 28 heavy (non-hydrogen) atoms. The van der Waals surface area contributed by atoms with Crippen molar-refractivity contribution in [2.75, 3.05) is 0 Å². The van der Waals surface area contributed by atoms with Crippen molar-refractivity contribution in [1.82, 2.24) is 20.3 Å². The summed E-state index contributed by atoms with van der Waals surface area (Å²) in [5.74, 6) is 0.0404. The van der Waals surface area contributed by atoms with Gasteiger partial charge in [0, 0.05) is 35.4 Å². The Hall–Kier alpha value is -2.79. The predicted molar refractivity (Wildman–Crippen MR) is 109 cm³/mol. The van der Waals surface area contributed by atoms with Gasteiger partial charge in [-0.2, -0.15) is 0 Å². The molecule has 2 heterocycles. The lowest BCUT2D eigenvalue weighted by atomic mass is 9.78. The number of nitrogens with one attached hydrogen (secondary N) is 1. The summed E-state index contributed by atoms with van der Waals surface area (Å²) in [4.78, 5) is 26.2. The van der Waals surface area contributed by atoms with E-state index in [0.717, 1.165) is 48.2 Å². The maximum atomic E-state index is 13.3. The Bertz CT molecular complexity index is 954. The van der Waals surface area contributed by atoms with Crippen molar-refractivity contribution < 1.29 is 4.79 Å². The Morgan fingerprint density at radius 1 is 0.964 bits per heavy atom. The van der Waals surface area contributed by atoms with Gasteiger partial charge in [-0.15, -0.1) is 0 Å². The molecule has 0 spiro atoms. The maximum absolute atomic E-state index is 13.3. The molecule has 1 saturated carbocycles. The second kappa shape index (κ2) is 8.07. The van der Waals surface area contributed by atoms with Gasteiger partial charge in [0.2, 0.25) is 5.91 Å². The Kier molecular flexibility index (Phi) is 5.35. The average molecular weight is 393 g/mol. The molecule has 2 aromatic heterocycles. The maximum Gasteiger partial charge on any atom is 0.230 e. The minimum absolute atomic E-state index is 0.0404. The molecule has 1 amide bonds. The van der Waals surface area contributed by atoms with Crippen LogP contribution in [0.5, 0.6) is 0 Å². The number of hydrogen-bond donors (Lipinski definition) is 1. The highest BCUT2D eigenvalue weighted by Gasteiger charge is 2.42. The fraction of sp³-hybridized carbons (Fsp3) is 0.273. The SMILES string of the molecule is O=C(NCc1nccnc1-c1ccncc1)C1(c2ccc(Cl)cc2)CCCC1. The number of carbonyl (C=O) groups is 1. The number of rotatable bonds is 5. The van der Waals surface area contributed by atoms with E-state index in [1.165, 1.54) is 0 Å². The van der Waals surface area contributed by atoms with Crippen molar-refractivity contribution in [3.05, 3.63) is 77.5 Å². The molecule has 0 saturated heterocycles. The molecule has 1 N–H and O–H groups in total. The number of halogens is 1. The summed E-state index contributed by atoms with van der Waals surface area (Å²) >= 11 is 6.04. The van der Waals surface area contributed by atoms with Gasteiger partial charge in [-0.1, -0.05) is 36.6 Å². The number of pyridine rings is 1. The minimum Gasteiger partial charge on any atom is -0.350 e. The standard InChI is InChI=1S/C22H21ClN4O/c23-18-5-3-17(4-6-18)22(9-1-2-10-22)21(28)27-15-19-20(26-14-13-25-19)16-7-11-24-12-8-16/h3-8,11-14H,1-2,9-10,15H2,(H,27,28). The molecular formula is C22H21ClN4O. The number of carbonyl (C=O) groups excluding carboxylic acids is 1. The number of aromatic nitrogens is 3. The summed E-state index contributed by atoms with van der Waals surface area (Å²) in [5, 5.41) is 3.79. The largest absolute Gasteiger partial charge is 0.350 e. The summed E-state index contributed by atoms with van der Waals surface area (Å²) in [5.41, 5.74) is 2.97. The Morgan fingerprint density at radius 3 is 2.36 bits per heavy atom. The molecule has 142 valence electrons. The number of nitrogens with zero attached hydrogens (tertiary/aromatic N) is 3. The van der Waals surface area contributed by atoms with E-state index < -0.39 is 5.41 Å². The number of amides is 1. The predicted octanol–water partition coefficient (Wildman–Crippen LogP) is 4.32. The fourth-order valence-corrected chi connectivity index (χ4v) is 4.10. The first-order valence-electron chi connectivity index (χ1n) is 9.44. The van der Waals surface area contributed by atoms with E-state index in [4.69, 9.17) is 11.6 Å². The third-order valence-electron chi connectivity index (χ3n) is 5.43. The van der Waals surface area contributed by atoms with Gasteiger partial charge in [0.05, 0.1) is 23.3 Å². The molecule has 0 bridgehead atoms. The molecule has 6 heteroatoms. The number of hydrogen-bond acceptors (Lipinski definition) is 4. The van der Waals surface area contributed by atoms with Gasteiger partial charge in [-0.25, -0.2) is 0 Å². The van der Waals surface area contributed by atoms with Crippen molar-refractivity contribution >= 4 is 17.5 Å². The molecule has 0 unspecified atom stereocenters. The Balaban J connectivity index is 1.56. The highest BCUT2D eigenvalue weighted by Crippen LogP contribution is 2.41. The summed E-state index contributed by atoms with van der Waals surface area (Å²) in [6.07, 6.45) is 10.5. The van der Waals surface area contributed by atoms with Crippen LogP contribution in [0.15, 0.2) is 61.2 Å². The van der Waals surface area contributed by atoms with E-state index in [-0.39, 0.29) is 5.91 Å². The minimum atomic E-state index is -0.496. The first-order valence-corrected chi connectivity index (χ1v) is 9.81. The fourth-order valence-electron chi connectivity index (χ4n) is 3.97. The van der Waals surface area contributed by atoms with Gasteiger partial charge < -0.3 is 5.32 Å². The lowest BCUT2D eigenvalue weighted by molar-refractivity contribution is -0.126. The molecule has 1 fully saturated rings. The molecule has 0 atom stereocenters. The summed E-state index contributed by atoms with van der Waals surface area (Å²) in [6.45, 7) is 0.333. The van der Waals surface area contributed by atoms with Crippen LogP contribution in [0.4, 0.5) is 0 Å². The van der Waals surface area contributed by atoms with Crippen molar-refractivity contribution in [3.63, 3.8) is 0 Å². The van der Waals surface area contributed by atoms with Crippen molar-refractivity contribution in [1.29, 1.82) is 0 Å². The highest BCUT2D eigenvalue weighted by atomic mass is 35.5. The molecule has 3 aromatic rings. The first kappa shape index (κ1) is 18.6. The first-order chi connectivity index (χ1) is 13.7. The lowest BCUT2D eigenvalue weighted by Crippen LogP contribution is -2.42. The molecule has 4 rings (SSSR count). The third-order valence-corrected chi connectivity index (χ3v) is 5.68. The second-order valence-corrected chi connectivity index (χ2v) is 7.50.